The van der Waals surface area contributed by atoms with Crippen LogP contribution in [-0.4, -0.2) is 17.5 Å². The summed E-state index contributed by atoms with van der Waals surface area (Å²) in [4.78, 5) is 0. The molecule has 0 aromatic heterocycles. The van der Waals surface area contributed by atoms with Gasteiger partial charge >= 0.3 is 0 Å². The second-order valence-corrected chi connectivity index (χ2v) is 3.17. The van der Waals surface area contributed by atoms with Crippen LogP contribution in [-0.2, 0) is 9.47 Å². The van der Waals surface area contributed by atoms with Gasteiger partial charge in [-0.3, -0.25) is 0 Å². The molecular formula is C10H16O3. The molecular weight excluding hydrogens is 168 g/mol. The fourth-order valence-corrected chi connectivity index (χ4v) is 1.10. The average Bonchev–Trinajstić information content (AvgIpc) is 2.49. The van der Waals surface area contributed by atoms with E-state index >= 15 is 0 Å². The van der Waals surface area contributed by atoms with Crippen molar-refractivity contribution in [2.75, 3.05) is 6.61 Å². The number of unbranched alkanes of at least 4 members (excludes halogenated alkanes) is 1. The van der Waals surface area contributed by atoms with Crippen LogP contribution in [0.2, 0.25) is 0 Å². The molecule has 0 spiro atoms. The highest BCUT2D eigenvalue weighted by Gasteiger charge is 2.29. The van der Waals surface area contributed by atoms with Gasteiger partial charge in [-0.05, 0) is 12.5 Å². The minimum absolute atomic E-state index is 0.114. The lowest BCUT2D eigenvalue weighted by molar-refractivity contribution is -0.0942. The lowest BCUT2D eigenvalue weighted by Crippen LogP contribution is -2.22. The first-order chi connectivity index (χ1) is 6.20. The molecule has 0 aliphatic carbocycles. The molecule has 1 unspecified atom stereocenters. The number of allylic oxidation sites excluding steroid dienone is 1. The van der Waals surface area contributed by atoms with Crippen molar-refractivity contribution in [3.63, 3.8) is 0 Å². The molecule has 1 rings (SSSR count). The maximum atomic E-state index is 8.77. The van der Waals surface area contributed by atoms with Crippen molar-refractivity contribution in [3.8, 4) is 0 Å². The smallest absolute Gasteiger partial charge is 0.267 e. The normalized spacial score (nSPS) is 27.2. The summed E-state index contributed by atoms with van der Waals surface area (Å²) in [5.41, 5.74) is 0. The second kappa shape index (κ2) is 4.33. The van der Waals surface area contributed by atoms with E-state index in [1.807, 2.05) is 19.1 Å². The molecule has 1 N–H and O–H groups in total. The fourth-order valence-electron chi connectivity index (χ4n) is 1.10. The zero-order valence-electron chi connectivity index (χ0n) is 8.12. The van der Waals surface area contributed by atoms with Gasteiger partial charge in [-0.25, -0.2) is 0 Å². The predicted molar refractivity (Wildman–Crippen MR) is 49.8 cm³/mol. The number of hydrogen-bond acceptors (Lipinski definition) is 3. The molecule has 3 heteroatoms. The van der Waals surface area contributed by atoms with Crippen molar-refractivity contribution in [2.45, 2.75) is 32.5 Å². The zero-order chi connectivity index (χ0) is 9.73. The Bertz CT molecular complexity index is 220. The van der Waals surface area contributed by atoms with Gasteiger partial charge in [-0.15, -0.1) is 0 Å². The van der Waals surface area contributed by atoms with Crippen molar-refractivity contribution >= 4 is 0 Å². The number of rotatable bonds is 4. The Kier molecular flexibility index (Phi) is 3.37. The Labute approximate surface area is 78.7 Å². The van der Waals surface area contributed by atoms with Gasteiger partial charge in [0.05, 0.1) is 0 Å². The van der Waals surface area contributed by atoms with Crippen LogP contribution in [0.1, 0.15) is 26.7 Å². The first-order valence-corrected chi connectivity index (χ1v) is 4.54. The Morgan fingerprint density at radius 3 is 2.92 bits per heavy atom. The second-order valence-electron chi connectivity index (χ2n) is 3.17. The fraction of sp³-hybridized carbons (Fsp3) is 0.600. The maximum Gasteiger partial charge on any atom is 0.267 e. The van der Waals surface area contributed by atoms with Gasteiger partial charge in [0.25, 0.3) is 5.79 Å². The number of aliphatic hydroxyl groups is 1. The molecule has 0 saturated heterocycles. The summed E-state index contributed by atoms with van der Waals surface area (Å²) >= 11 is 0. The van der Waals surface area contributed by atoms with Gasteiger partial charge in [0.2, 0.25) is 0 Å². The van der Waals surface area contributed by atoms with Crippen molar-refractivity contribution < 1.29 is 14.6 Å². The molecule has 0 radical (unpaired) electrons. The summed E-state index contributed by atoms with van der Waals surface area (Å²) < 4.78 is 10.6. The number of hydrogen-bond donors (Lipinski definition) is 1. The number of aliphatic hydroxyl groups excluding tert-OH is 1. The minimum atomic E-state index is -0.715. The third kappa shape index (κ3) is 2.77. The van der Waals surface area contributed by atoms with E-state index in [0.29, 0.717) is 5.76 Å². The van der Waals surface area contributed by atoms with Crippen molar-refractivity contribution in [2.24, 2.45) is 0 Å². The van der Waals surface area contributed by atoms with Crippen molar-refractivity contribution in [1.29, 1.82) is 0 Å². The summed E-state index contributed by atoms with van der Waals surface area (Å²) in [6, 6.07) is 0. The van der Waals surface area contributed by atoms with E-state index in [-0.39, 0.29) is 6.61 Å². The molecule has 0 aromatic rings. The molecule has 1 aliphatic rings. The van der Waals surface area contributed by atoms with Crippen LogP contribution in [0.4, 0.5) is 0 Å². The van der Waals surface area contributed by atoms with Gasteiger partial charge in [-0.2, -0.15) is 0 Å². The Balaban J connectivity index is 2.43. The molecule has 0 fully saturated rings. The lowest BCUT2D eigenvalue weighted by atomic mass is 10.2. The highest BCUT2D eigenvalue weighted by molar-refractivity contribution is 5.04. The van der Waals surface area contributed by atoms with Crippen LogP contribution < -0.4 is 0 Å². The van der Waals surface area contributed by atoms with Crippen molar-refractivity contribution in [3.05, 3.63) is 24.2 Å². The number of ether oxygens (including phenoxy) is 2. The van der Waals surface area contributed by atoms with Gasteiger partial charge in [0, 0.05) is 6.92 Å². The van der Waals surface area contributed by atoms with Crippen LogP contribution in [0.3, 0.4) is 0 Å². The summed E-state index contributed by atoms with van der Waals surface area (Å²) in [6.07, 6.45) is 7.46. The highest BCUT2D eigenvalue weighted by atomic mass is 16.7. The predicted octanol–water partition coefficient (Wildman–Crippen LogP) is 1.94. The summed E-state index contributed by atoms with van der Waals surface area (Å²) in [6.45, 7) is 3.82. The van der Waals surface area contributed by atoms with E-state index in [2.05, 4.69) is 6.92 Å². The topological polar surface area (TPSA) is 38.7 Å². The zero-order valence-corrected chi connectivity index (χ0v) is 8.12. The molecule has 0 saturated carbocycles. The lowest BCUT2D eigenvalue weighted by Gasteiger charge is -2.19. The van der Waals surface area contributed by atoms with Crippen molar-refractivity contribution in [1.82, 2.24) is 0 Å². The Morgan fingerprint density at radius 2 is 2.38 bits per heavy atom. The van der Waals surface area contributed by atoms with Gasteiger partial charge < -0.3 is 14.6 Å². The minimum Gasteiger partial charge on any atom is -0.453 e. The van der Waals surface area contributed by atoms with E-state index in [1.54, 1.807) is 0 Å². The molecule has 74 valence electrons. The molecule has 0 amide bonds. The molecule has 1 atom stereocenters. The summed E-state index contributed by atoms with van der Waals surface area (Å²) in [7, 11) is 0. The van der Waals surface area contributed by atoms with Gasteiger partial charge in [0.1, 0.15) is 12.9 Å². The Morgan fingerprint density at radius 1 is 1.62 bits per heavy atom. The van der Waals surface area contributed by atoms with Gasteiger partial charge in [-0.1, -0.05) is 19.4 Å². The molecule has 0 bridgehead atoms. The summed E-state index contributed by atoms with van der Waals surface area (Å²) in [5, 5.41) is 8.77. The van der Waals surface area contributed by atoms with E-state index in [0.717, 1.165) is 12.8 Å². The molecule has 13 heavy (non-hydrogen) atoms. The molecule has 1 heterocycles. The molecule has 0 aromatic carbocycles. The van der Waals surface area contributed by atoms with Crippen LogP contribution in [0.15, 0.2) is 24.2 Å². The average molecular weight is 184 g/mol. The molecule has 3 nitrogen and oxygen atoms in total. The maximum absolute atomic E-state index is 8.77. The summed E-state index contributed by atoms with van der Waals surface area (Å²) in [5.74, 6) is -0.239. The monoisotopic (exact) mass is 184 g/mol. The first-order valence-electron chi connectivity index (χ1n) is 4.54. The molecule has 1 aliphatic heterocycles. The quantitative estimate of drug-likeness (QED) is 0.678. The van der Waals surface area contributed by atoms with Crippen LogP contribution in [0.5, 0.6) is 0 Å². The SMILES string of the molecule is CCCC=CC1(C)OC=C(CO)O1. The van der Waals surface area contributed by atoms with E-state index in [1.165, 1.54) is 6.26 Å². The largest absolute Gasteiger partial charge is 0.453 e. The Hall–Kier alpha value is -0.960. The third-order valence-electron chi connectivity index (χ3n) is 1.79. The van der Waals surface area contributed by atoms with E-state index < -0.39 is 5.79 Å². The van der Waals surface area contributed by atoms with E-state index in [9.17, 15) is 0 Å². The van der Waals surface area contributed by atoms with Crippen LogP contribution in [0.25, 0.3) is 0 Å². The van der Waals surface area contributed by atoms with Crippen LogP contribution in [0, 0.1) is 0 Å². The standard InChI is InChI=1S/C10H16O3/c1-3-4-5-6-10(2)12-8-9(7-11)13-10/h5-6,8,11H,3-4,7H2,1-2H3. The first kappa shape index (κ1) is 10.1. The third-order valence-corrected chi connectivity index (χ3v) is 1.79. The van der Waals surface area contributed by atoms with E-state index in [4.69, 9.17) is 14.6 Å². The van der Waals surface area contributed by atoms with Crippen LogP contribution >= 0.6 is 0 Å². The van der Waals surface area contributed by atoms with Gasteiger partial charge in [0.15, 0.2) is 5.76 Å². The highest BCUT2D eigenvalue weighted by Crippen LogP contribution is 2.26.